The maximum atomic E-state index is 4.38. The SMILES string of the molecule is Cc1c([C@@H](C)[NH3+])cnn1-c1ccccc1. The van der Waals surface area contributed by atoms with E-state index >= 15 is 0 Å². The minimum absolute atomic E-state index is 0.280. The average molecular weight is 202 g/mol. The van der Waals surface area contributed by atoms with Crippen LogP contribution in [-0.4, -0.2) is 9.78 Å². The van der Waals surface area contributed by atoms with Crippen LogP contribution in [0.2, 0.25) is 0 Å². The molecule has 1 atom stereocenters. The Labute approximate surface area is 89.5 Å². The standard InChI is InChI=1S/C12H15N3/c1-9(13)12-8-14-15(10(12)2)11-6-4-3-5-7-11/h3-9H,13H2,1-2H3/p+1/t9-/m1/s1. The third-order valence-electron chi connectivity index (χ3n) is 2.58. The summed E-state index contributed by atoms with van der Waals surface area (Å²) in [6, 6.07) is 10.4. The Morgan fingerprint density at radius 1 is 1.27 bits per heavy atom. The predicted octanol–water partition coefficient (Wildman–Crippen LogP) is 1.48. The molecule has 0 radical (unpaired) electrons. The van der Waals surface area contributed by atoms with E-state index in [2.05, 4.69) is 36.8 Å². The molecule has 0 aliphatic rings. The average Bonchev–Trinajstić information content (AvgIpc) is 2.61. The fourth-order valence-corrected chi connectivity index (χ4v) is 1.74. The predicted molar refractivity (Wildman–Crippen MR) is 59.6 cm³/mol. The van der Waals surface area contributed by atoms with E-state index in [1.165, 1.54) is 11.3 Å². The van der Waals surface area contributed by atoms with Crippen molar-refractivity contribution in [2.75, 3.05) is 0 Å². The van der Waals surface area contributed by atoms with E-state index < -0.39 is 0 Å². The van der Waals surface area contributed by atoms with E-state index in [0.29, 0.717) is 0 Å². The van der Waals surface area contributed by atoms with Crippen LogP contribution in [0.25, 0.3) is 5.69 Å². The van der Waals surface area contributed by atoms with Crippen LogP contribution >= 0.6 is 0 Å². The van der Waals surface area contributed by atoms with Gasteiger partial charge in [-0.1, -0.05) is 18.2 Å². The highest BCUT2D eigenvalue weighted by molar-refractivity contribution is 5.34. The van der Waals surface area contributed by atoms with Gasteiger partial charge in [0.25, 0.3) is 0 Å². The molecular weight excluding hydrogens is 186 g/mol. The molecule has 2 aromatic rings. The molecule has 1 aromatic carbocycles. The summed E-state index contributed by atoms with van der Waals surface area (Å²) < 4.78 is 1.96. The first-order valence-corrected chi connectivity index (χ1v) is 5.13. The highest BCUT2D eigenvalue weighted by atomic mass is 15.3. The van der Waals surface area contributed by atoms with Gasteiger partial charge in [-0.3, -0.25) is 0 Å². The second kappa shape index (κ2) is 3.87. The molecule has 1 aromatic heterocycles. The fraction of sp³-hybridized carbons (Fsp3) is 0.250. The minimum Gasteiger partial charge on any atom is -0.351 e. The van der Waals surface area contributed by atoms with Crippen molar-refractivity contribution in [2.24, 2.45) is 0 Å². The van der Waals surface area contributed by atoms with Gasteiger partial charge in [-0.15, -0.1) is 0 Å². The molecule has 0 spiro atoms. The third-order valence-corrected chi connectivity index (χ3v) is 2.58. The summed E-state index contributed by atoms with van der Waals surface area (Å²) in [6.45, 7) is 4.16. The number of nitrogens with zero attached hydrogens (tertiary/aromatic N) is 2. The number of hydrogen-bond donors (Lipinski definition) is 1. The minimum atomic E-state index is 0.280. The number of rotatable bonds is 2. The summed E-state index contributed by atoms with van der Waals surface area (Å²) in [6.07, 6.45) is 1.90. The van der Waals surface area contributed by atoms with Crippen LogP contribution in [0.15, 0.2) is 36.5 Å². The van der Waals surface area contributed by atoms with E-state index in [4.69, 9.17) is 0 Å². The number of hydrogen-bond acceptors (Lipinski definition) is 1. The zero-order valence-electron chi connectivity index (χ0n) is 9.14. The van der Waals surface area contributed by atoms with E-state index in [9.17, 15) is 0 Å². The van der Waals surface area contributed by atoms with Crippen LogP contribution in [-0.2, 0) is 0 Å². The van der Waals surface area contributed by atoms with Crippen molar-refractivity contribution < 1.29 is 5.73 Å². The highest BCUT2D eigenvalue weighted by Gasteiger charge is 2.12. The summed E-state index contributed by atoms with van der Waals surface area (Å²) >= 11 is 0. The molecule has 0 unspecified atom stereocenters. The van der Waals surface area contributed by atoms with Crippen molar-refractivity contribution in [3.05, 3.63) is 47.8 Å². The molecule has 0 amide bonds. The molecule has 0 aliphatic heterocycles. The molecule has 78 valence electrons. The maximum Gasteiger partial charge on any atom is 0.110 e. The Morgan fingerprint density at radius 2 is 1.93 bits per heavy atom. The first-order valence-electron chi connectivity index (χ1n) is 5.13. The lowest BCUT2D eigenvalue weighted by Crippen LogP contribution is -2.51. The van der Waals surface area contributed by atoms with E-state index in [-0.39, 0.29) is 6.04 Å². The summed E-state index contributed by atoms with van der Waals surface area (Å²) in [5.74, 6) is 0. The lowest BCUT2D eigenvalue weighted by atomic mass is 10.1. The Balaban J connectivity index is 2.47. The summed E-state index contributed by atoms with van der Waals surface area (Å²) in [5, 5.41) is 4.38. The zero-order valence-corrected chi connectivity index (χ0v) is 9.14. The first kappa shape index (κ1) is 9.93. The molecule has 2 rings (SSSR count). The molecule has 3 N–H and O–H groups in total. The van der Waals surface area contributed by atoms with Gasteiger partial charge in [-0.2, -0.15) is 5.10 Å². The normalized spacial score (nSPS) is 12.7. The monoisotopic (exact) mass is 202 g/mol. The quantitative estimate of drug-likeness (QED) is 0.787. The van der Waals surface area contributed by atoms with Crippen molar-refractivity contribution in [1.29, 1.82) is 0 Å². The lowest BCUT2D eigenvalue weighted by Gasteiger charge is -2.05. The smallest absolute Gasteiger partial charge is 0.110 e. The van der Waals surface area contributed by atoms with Gasteiger partial charge in [0, 0.05) is 0 Å². The molecule has 15 heavy (non-hydrogen) atoms. The van der Waals surface area contributed by atoms with Crippen LogP contribution in [0.3, 0.4) is 0 Å². The van der Waals surface area contributed by atoms with Gasteiger partial charge in [-0.25, -0.2) is 4.68 Å². The molecule has 3 heteroatoms. The van der Waals surface area contributed by atoms with Gasteiger partial charge < -0.3 is 5.73 Å². The third kappa shape index (κ3) is 1.78. The summed E-state index contributed by atoms with van der Waals surface area (Å²) in [4.78, 5) is 0. The highest BCUT2D eigenvalue weighted by Crippen LogP contribution is 2.17. The zero-order chi connectivity index (χ0) is 10.8. The lowest BCUT2D eigenvalue weighted by molar-refractivity contribution is -0.420. The van der Waals surface area contributed by atoms with Gasteiger partial charge >= 0.3 is 0 Å². The Morgan fingerprint density at radius 3 is 2.47 bits per heavy atom. The number of para-hydroxylation sites is 1. The molecule has 0 bridgehead atoms. The van der Waals surface area contributed by atoms with Gasteiger partial charge in [0.15, 0.2) is 0 Å². The first-order chi connectivity index (χ1) is 7.20. The van der Waals surface area contributed by atoms with Crippen LogP contribution < -0.4 is 5.73 Å². The number of quaternary nitrogens is 1. The van der Waals surface area contributed by atoms with Crippen molar-refractivity contribution in [3.63, 3.8) is 0 Å². The van der Waals surface area contributed by atoms with Gasteiger partial charge in [0.2, 0.25) is 0 Å². The molecule has 0 aliphatic carbocycles. The van der Waals surface area contributed by atoms with Crippen LogP contribution in [0.5, 0.6) is 0 Å². The van der Waals surface area contributed by atoms with Crippen LogP contribution in [0.4, 0.5) is 0 Å². The molecule has 0 saturated heterocycles. The van der Waals surface area contributed by atoms with Crippen LogP contribution in [0.1, 0.15) is 24.2 Å². The maximum absolute atomic E-state index is 4.38. The summed E-state index contributed by atoms with van der Waals surface area (Å²) in [5.41, 5.74) is 7.50. The van der Waals surface area contributed by atoms with Gasteiger partial charge in [-0.05, 0) is 26.0 Å². The van der Waals surface area contributed by atoms with E-state index in [0.717, 1.165) is 5.69 Å². The number of aromatic nitrogens is 2. The largest absolute Gasteiger partial charge is 0.351 e. The van der Waals surface area contributed by atoms with Crippen molar-refractivity contribution >= 4 is 0 Å². The molecule has 3 nitrogen and oxygen atoms in total. The van der Waals surface area contributed by atoms with E-state index in [1.807, 2.05) is 29.1 Å². The Hall–Kier alpha value is -1.61. The van der Waals surface area contributed by atoms with Crippen molar-refractivity contribution in [2.45, 2.75) is 19.9 Å². The molecule has 1 heterocycles. The molecular formula is C12H16N3+. The topological polar surface area (TPSA) is 45.5 Å². The Kier molecular flexibility index (Phi) is 2.56. The molecule has 0 fully saturated rings. The van der Waals surface area contributed by atoms with Crippen LogP contribution in [0, 0.1) is 6.92 Å². The van der Waals surface area contributed by atoms with Gasteiger partial charge in [0.1, 0.15) is 6.04 Å². The second-order valence-electron chi connectivity index (χ2n) is 3.83. The van der Waals surface area contributed by atoms with Crippen molar-refractivity contribution in [1.82, 2.24) is 9.78 Å². The van der Waals surface area contributed by atoms with E-state index in [1.54, 1.807) is 0 Å². The second-order valence-corrected chi connectivity index (χ2v) is 3.83. The summed E-state index contributed by atoms with van der Waals surface area (Å²) in [7, 11) is 0. The fourth-order valence-electron chi connectivity index (χ4n) is 1.74. The number of benzene rings is 1. The molecule has 0 saturated carbocycles. The van der Waals surface area contributed by atoms with Crippen molar-refractivity contribution in [3.8, 4) is 5.69 Å². The Bertz CT molecular complexity index is 443. The van der Waals surface area contributed by atoms with Gasteiger partial charge in [0.05, 0.1) is 23.1 Å².